The number of aryl methyl sites for hydroxylation is 2. The maximum Gasteiger partial charge on any atom is 0.257 e. The van der Waals surface area contributed by atoms with Crippen LogP contribution in [0.15, 0.2) is 60.7 Å². The predicted octanol–water partition coefficient (Wildman–Crippen LogP) is 6.16. The van der Waals surface area contributed by atoms with Crippen molar-refractivity contribution in [3.63, 3.8) is 0 Å². The van der Waals surface area contributed by atoms with E-state index in [0.29, 0.717) is 21.5 Å². The molecule has 5 aromatic rings. The number of fused-ring (bicyclic) bond motifs is 2. The molecule has 0 unspecified atom stereocenters. The minimum absolute atomic E-state index is 0.191. The number of nitrogens with zero attached hydrogens (tertiary/aromatic N) is 3. The summed E-state index contributed by atoms with van der Waals surface area (Å²) in [5.41, 5.74) is 3.29. The molecule has 0 saturated heterocycles. The van der Waals surface area contributed by atoms with Gasteiger partial charge in [0.25, 0.3) is 5.91 Å². The Labute approximate surface area is 181 Å². The number of hydrogen-bond acceptors (Lipinski definition) is 4. The average molecular weight is 433 g/mol. The molecular formula is C23H17ClN4OS. The normalized spacial score (nSPS) is 11.3. The molecule has 5 nitrogen and oxygen atoms in total. The van der Waals surface area contributed by atoms with Crippen LogP contribution >= 0.6 is 22.9 Å². The van der Waals surface area contributed by atoms with Crippen molar-refractivity contribution in [2.75, 3.05) is 5.32 Å². The Kier molecular flexibility index (Phi) is 4.53. The van der Waals surface area contributed by atoms with Gasteiger partial charge >= 0.3 is 0 Å². The van der Waals surface area contributed by atoms with Crippen molar-refractivity contribution < 1.29 is 4.79 Å². The van der Waals surface area contributed by atoms with Gasteiger partial charge in [-0.3, -0.25) is 4.79 Å². The van der Waals surface area contributed by atoms with E-state index < -0.39 is 0 Å². The number of carbonyl (C=O) groups excluding carboxylic acids is 1. The second-order valence-electron chi connectivity index (χ2n) is 7.10. The summed E-state index contributed by atoms with van der Waals surface area (Å²) in [6.07, 6.45) is 0. The first-order chi connectivity index (χ1) is 14.5. The Morgan fingerprint density at radius 2 is 1.87 bits per heavy atom. The van der Waals surface area contributed by atoms with Gasteiger partial charge in [-0.15, -0.1) is 0 Å². The second-order valence-corrected chi connectivity index (χ2v) is 8.49. The molecule has 5 rings (SSSR count). The molecule has 2 heterocycles. The van der Waals surface area contributed by atoms with Gasteiger partial charge in [-0.25, -0.2) is 4.98 Å². The number of hydrogen-bond donors (Lipinski definition) is 1. The minimum Gasteiger partial charge on any atom is -0.306 e. The van der Waals surface area contributed by atoms with Crippen molar-refractivity contribution in [3.8, 4) is 5.13 Å². The smallest absolute Gasteiger partial charge is 0.257 e. The van der Waals surface area contributed by atoms with Crippen molar-refractivity contribution in [1.82, 2.24) is 14.8 Å². The molecule has 0 aliphatic carbocycles. The number of aromatic nitrogens is 3. The summed E-state index contributed by atoms with van der Waals surface area (Å²) in [6, 6.07) is 19.2. The molecular weight excluding hydrogens is 416 g/mol. The molecule has 0 atom stereocenters. The highest BCUT2D eigenvalue weighted by Gasteiger charge is 2.18. The number of nitrogens with one attached hydrogen (secondary N) is 1. The summed E-state index contributed by atoms with van der Waals surface area (Å²) >= 11 is 7.82. The molecule has 30 heavy (non-hydrogen) atoms. The Morgan fingerprint density at radius 1 is 1.07 bits per heavy atom. The van der Waals surface area contributed by atoms with Gasteiger partial charge in [-0.05, 0) is 42.3 Å². The van der Waals surface area contributed by atoms with Gasteiger partial charge in [0.1, 0.15) is 5.82 Å². The Morgan fingerprint density at radius 3 is 2.70 bits per heavy atom. The van der Waals surface area contributed by atoms with Crippen molar-refractivity contribution in [2.24, 2.45) is 0 Å². The quantitative estimate of drug-likeness (QED) is 0.371. The molecule has 148 valence electrons. The van der Waals surface area contributed by atoms with Gasteiger partial charge in [0, 0.05) is 11.6 Å². The fourth-order valence-corrected chi connectivity index (χ4v) is 4.80. The highest BCUT2D eigenvalue weighted by atomic mass is 35.5. The average Bonchev–Trinajstić information content (AvgIpc) is 3.35. The second kappa shape index (κ2) is 7.23. The summed E-state index contributed by atoms with van der Waals surface area (Å²) < 4.78 is 2.57. The van der Waals surface area contributed by atoms with E-state index in [4.69, 9.17) is 16.6 Å². The van der Waals surface area contributed by atoms with E-state index in [2.05, 4.69) is 10.4 Å². The van der Waals surface area contributed by atoms with Crippen LogP contribution in [0, 0.1) is 13.8 Å². The van der Waals surface area contributed by atoms with Crippen LogP contribution in [0.1, 0.15) is 21.6 Å². The maximum absolute atomic E-state index is 13.1. The zero-order valence-corrected chi connectivity index (χ0v) is 17.9. The van der Waals surface area contributed by atoms with Crippen LogP contribution in [0.4, 0.5) is 5.82 Å². The molecule has 3 aromatic carbocycles. The molecule has 0 saturated carbocycles. The Hall–Kier alpha value is -3.22. The summed E-state index contributed by atoms with van der Waals surface area (Å²) in [6.45, 7) is 3.88. The van der Waals surface area contributed by atoms with E-state index in [9.17, 15) is 4.79 Å². The number of thiazole rings is 1. The summed E-state index contributed by atoms with van der Waals surface area (Å²) in [5.74, 6) is 0.376. The molecule has 0 aliphatic rings. The van der Waals surface area contributed by atoms with E-state index >= 15 is 0 Å². The van der Waals surface area contributed by atoms with Crippen LogP contribution in [0.3, 0.4) is 0 Å². The first-order valence-corrected chi connectivity index (χ1v) is 10.6. The minimum atomic E-state index is -0.191. The standard InChI is InChI=1S/C23H17ClN4OS/c1-13-10-11-18(24)21-20(13)26-23(30-21)28-19(12-14(2)27-28)25-22(29)17-9-5-7-15-6-3-4-8-16(15)17/h3-12H,1-2H3,(H,25,29). The molecule has 1 N–H and O–H groups in total. The molecule has 1 amide bonds. The first kappa shape index (κ1) is 18.8. The predicted molar refractivity (Wildman–Crippen MR) is 123 cm³/mol. The van der Waals surface area contributed by atoms with Crippen LogP contribution < -0.4 is 5.32 Å². The molecule has 0 radical (unpaired) electrons. The van der Waals surface area contributed by atoms with Crippen LogP contribution in [0.5, 0.6) is 0 Å². The lowest BCUT2D eigenvalue weighted by Crippen LogP contribution is -2.15. The number of rotatable bonds is 3. The van der Waals surface area contributed by atoms with Gasteiger partial charge in [0.15, 0.2) is 0 Å². The zero-order chi connectivity index (χ0) is 20.8. The van der Waals surface area contributed by atoms with Gasteiger partial charge < -0.3 is 5.32 Å². The van der Waals surface area contributed by atoms with Crippen molar-refractivity contribution in [2.45, 2.75) is 13.8 Å². The van der Waals surface area contributed by atoms with Crippen LogP contribution in [0.2, 0.25) is 5.02 Å². The van der Waals surface area contributed by atoms with E-state index in [0.717, 1.165) is 32.2 Å². The highest BCUT2D eigenvalue weighted by molar-refractivity contribution is 7.21. The lowest BCUT2D eigenvalue weighted by atomic mass is 10.0. The molecule has 0 bridgehead atoms. The Balaban J connectivity index is 1.57. The molecule has 7 heteroatoms. The number of halogens is 1. The van der Waals surface area contributed by atoms with Gasteiger partial charge in [0.05, 0.1) is 20.9 Å². The molecule has 0 fully saturated rings. The number of benzene rings is 3. The number of anilines is 1. The van der Waals surface area contributed by atoms with Crippen LogP contribution in [-0.4, -0.2) is 20.7 Å². The van der Waals surface area contributed by atoms with E-state index in [1.165, 1.54) is 11.3 Å². The maximum atomic E-state index is 13.1. The van der Waals surface area contributed by atoms with Gasteiger partial charge in [-0.2, -0.15) is 9.78 Å². The zero-order valence-electron chi connectivity index (χ0n) is 16.3. The van der Waals surface area contributed by atoms with Gasteiger partial charge in [-0.1, -0.05) is 65.4 Å². The van der Waals surface area contributed by atoms with Crippen LogP contribution in [0.25, 0.3) is 26.1 Å². The fourth-order valence-electron chi connectivity index (χ4n) is 3.52. The monoisotopic (exact) mass is 432 g/mol. The largest absolute Gasteiger partial charge is 0.306 e. The third-order valence-corrected chi connectivity index (χ3v) is 6.47. The SMILES string of the molecule is Cc1cc(NC(=O)c2cccc3ccccc23)n(-c2nc3c(C)ccc(Cl)c3s2)n1. The lowest BCUT2D eigenvalue weighted by Gasteiger charge is -2.09. The van der Waals surface area contributed by atoms with E-state index in [1.54, 1.807) is 4.68 Å². The Bertz CT molecular complexity index is 1390. The van der Waals surface area contributed by atoms with Crippen molar-refractivity contribution in [3.05, 3.63) is 82.5 Å². The summed E-state index contributed by atoms with van der Waals surface area (Å²) in [4.78, 5) is 17.8. The van der Waals surface area contributed by atoms with E-state index in [-0.39, 0.29) is 5.91 Å². The topological polar surface area (TPSA) is 59.8 Å². The molecule has 0 spiro atoms. The lowest BCUT2D eigenvalue weighted by molar-refractivity contribution is 0.102. The first-order valence-electron chi connectivity index (χ1n) is 9.43. The molecule has 0 aliphatic heterocycles. The van der Waals surface area contributed by atoms with E-state index in [1.807, 2.05) is 74.5 Å². The summed E-state index contributed by atoms with van der Waals surface area (Å²) in [5, 5.41) is 10.8. The fraction of sp³-hybridized carbons (Fsp3) is 0.0870. The van der Waals surface area contributed by atoms with Gasteiger partial charge in [0.2, 0.25) is 5.13 Å². The highest BCUT2D eigenvalue weighted by Crippen LogP contribution is 2.34. The third-order valence-electron chi connectivity index (χ3n) is 4.97. The third kappa shape index (κ3) is 3.14. The summed E-state index contributed by atoms with van der Waals surface area (Å²) in [7, 11) is 0. The van der Waals surface area contributed by atoms with Crippen molar-refractivity contribution in [1.29, 1.82) is 0 Å². The van der Waals surface area contributed by atoms with Crippen LogP contribution in [-0.2, 0) is 0 Å². The number of amides is 1. The van der Waals surface area contributed by atoms with Crippen molar-refractivity contribution >= 4 is 55.7 Å². The number of carbonyl (C=O) groups is 1. The molecule has 2 aromatic heterocycles.